The van der Waals surface area contributed by atoms with Crippen LogP contribution in [0.3, 0.4) is 0 Å². The molecule has 0 amide bonds. The molecule has 134 valence electrons. The molecule has 0 aromatic heterocycles. The quantitative estimate of drug-likeness (QED) is 0.395. The number of alkyl halides is 2. The number of hydrogen-bond acceptors (Lipinski definition) is 1. The third kappa shape index (κ3) is 5.89. The molecule has 24 heavy (non-hydrogen) atoms. The van der Waals surface area contributed by atoms with E-state index in [1.807, 2.05) is 6.92 Å². The number of hydrogen-bond donors (Lipinski definition) is 0. The molecule has 0 fully saturated rings. The predicted molar refractivity (Wildman–Crippen MR) is 101 cm³/mol. The Kier molecular flexibility index (Phi) is 8.44. The molecule has 1 unspecified atom stereocenters. The van der Waals surface area contributed by atoms with Gasteiger partial charge in [0.05, 0.1) is 5.02 Å². The van der Waals surface area contributed by atoms with Crippen molar-refractivity contribution >= 4 is 28.9 Å². The van der Waals surface area contributed by atoms with E-state index in [1.165, 1.54) is 11.8 Å². The summed E-state index contributed by atoms with van der Waals surface area (Å²) in [5, 5.41) is -0.0832. The van der Waals surface area contributed by atoms with Gasteiger partial charge in [-0.3, -0.25) is 0 Å². The van der Waals surface area contributed by atoms with Crippen molar-refractivity contribution in [2.24, 2.45) is 5.92 Å². The summed E-state index contributed by atoms with van der Waals surface area (Å²) >= 11 is 7.46. The fourth-order valence-electron chi connectivity index (χ4n) is 2.38. The van der Waals surface area contributed by atoms with E-state index in [0.717, 1.165) is 0 Å². The molecule has 1 atom stereocenters. The molecule has 0 nitrogen and oxygen atoms in total. The molecule has 0 aliphatic carbocycles. The van der Waals surface area contributed by atoms with E-state index in [1.54, 1.807) is 24.5 Å². The van der Waals surface area contributed by atoms with E-state index in [0.29, 0.717) is 28.9 Å². The Labute approximate surface area is 152 Å². The highest BCUT2D eigenvalue weighted by atomic mass is 35.5. The average molecular weight is 377 g/mol. The standard InChI is InChI=1S/C19H24ClF3S/c1-5-6-13(2)14(3)16-8-7-15(17(20)18(16)21)9-10-19(22,23)11-12-24-4/h5,7-8,13H,1,3,6,9-12H2,2,4H3. The molecular weight excluding hydrogens is 353 g/mol. The Bertz CT molecular complexity index is 584. The van der Waals surface area contributed by atoms with Gasteiger partial charge in [0.15, 0.2) is 0 Å². The summed E-state index contributed by atoms with van der Waals surface area (Å²) in [6.07, 6.45) is 3.76. The molecule has 0 N–H and O–H groups in total. The van der Waals surface area contributed by atoms with E-state index in [9.17, 15) is 13.2 Å². The van der Waals surface area contributed by atoms with Gasteiger partial charge in [0.2, 0.25) is 5.92 Å². The first-order chi connectivity index (χ1) is 11.2. The molecule has 1 aromatic carbocycles. The van der Waals surface area contributed by atoms with Crippen LogP contribution in [0.2, 0.25) is 5.02 Å². The number of rotatable bonds is 10. The third-order valence-electron chi connectivity index (χ3n) is 4.06. The Morgan fingerprint density at radius 2 is 2.04 bits per heavy atom. The zero-order chi connectivity index (χ0) is 18.3. The van der Waals surface area contributed by atoms with Crippen LogP contribution in [-0.4, -0.2) is 17.9 Å². The van der Waals surface area contributed by atoms with Crippen LogP contribution in [0.5, 0.6) is 0 Å². The second-order valence-electron chi connectivity index (χ2n) is 5.95. The Hall–Kier alpha value is -0.870. The van der Waals surface area contributed by atoms with E-state index in [4.69, 9.17) is 11.6 Å². The molecule has 1 aromatic rings. The minimum atomic E-state index is -2.76. The second-order valence-corrected chi connectivity index (χ2v) is 7.31. The normalized spacial score (nSPS) is 12.9. The first-order valence-electron chi connectivity index (χ1n) is 7.87. The summed E-state index contributed by atoms with van der Waals surface area (Å²) in [5.74, 6) is -2.91. The third-order valence-corrected chi connectivity index (χ3v) is 5.08. The Balaban J connectivity index is 2.88. The van der Waals surface area contributed by atoms with Gasteiger partial charge in [0, 0.05) is 18.4 Å². The average Bonchev–Trinajstić information content (AvgIpc) is 2.54. The largest absolute Gasteiger partial charge is 0.249 e. The Morgan fingerprint density at radius 3 is 2.62 bits per heavy atom. The monoisotopic (exact) mass is 376 g/mol. The summed E-state index contributed by atoms with van der Waals surface area (Å²) in [6, 6.07) is 3.20. The molecule has 0 spiro atoms. The van der Waals surface area contributed by atoms with Crippen molar-refractivity contribution in [2.75, 3.05) is 12.0 Å². The van der Waals surface area contributed by atoms with Gasteiger partial charge in [-0.2, -0.15) is 11.8 Å². The van der Waals surface area contributed by atoms with Crippen LogP contribution in [0.1, 0.15) is 37.3 Å². The number of aryl methyl sites for hydroxylation is 1. The van der Waals surface area contributed by atoms with Crippen molar-refractivity contribution in [3.8, 4) is 0 Å². The van der Waals surface area contributed by atoms with Crippen LogP contribution < -0.4 is 0 Å². The van der Waals surface area contributed by atoms with Crippen LogP contribution in [-0.2, 0) is 6.42 Å². The van der Waals surface area contributed by atoms with Crippen molar-refractivity contribution in [1.29, 1.82) is 0 Å². The van der Waals surface area contributed by atoms with Gasteiger partial charge in [0.1, 0.15) is 5.82 Å². The summed E-state index contributed by atoms with van der Waals surface area (Å²) in [4.78, 5) is 0. The maximum atomic E-state index is 14.5. The lowest BCUT2D eigenvalue weighted by molar-refractivity contribution is -0.00978. The highest BCUT2D eigenvalue weighted by Gasteiger charge is 2.28. The summed E-state index contributed by atoms with van der Waals surface area (Å²) in [6.45, 7) is 9.52. The topological polar surface area (TPSA) is 0 Å². The van der Waals surface area contributed by atoms with E-state index >= 15 is 0 Å². The minimum absolute atomic E-state index is 0.0368. The lowest BCUT2D eigenvalue weighted by Gasteiger charge is -2.18. The molecule has 0 saturated heterocycles. The molecule has 0 aliphatic rings. The summed E-state index contributed by atoms with van der Waals surface area (Å²) in [5.41, 5.74) is 1.38. The lowest BCUT2D eigenvalue weighted by Crippen LogP contribution is -2.18. The lowest BCUT2D eigenvalue weighted by atomic mass is 9.91. The molecule has 0 bridgehead atoms. The second kappa shape index (κ2) is 9.57. The van der Waals surface area contributed by atoms with Gasteiger partial charge in [-0.1, -0.05) is 43.3 Å². The predicted octanol–water partition coefficient (Wildman–Crippen LogP) is 7.03. The molecule has 0 radical (unpaired) electrons. The zero-order valence-corrected chi connectivity index (χ0v) is 15.8. The van der Waals surface area contributed by atoms with Crippen LogP contribution in [0.4, 0.5) is 13.2 Å². The van der Waals surface area contributed by atoms with Crippen molar-refractivity contribution in [3.63, 3.8) is 0 Å². The summed E-state index contributed by atoms with van der Waals surface area (Å²) in [7, 11) is 0. The minimum Gasteiger partial charge on any atom is -0.207 e. The van der Waals surface area contributed by atoms with Crippen LogP contribution in [0, 0.1) is 11.7 Å². The zero-order valence-electron chi connectivity index (χ0n) is 14.2. The molecule has 5 heteroatoms. The Morgan fingerprint density at radius 1 is 1.38 bits per heavy atom. The first kappa shape index (κ1) is 21.2. The summed E-state index contributed by atoms with van der Waals surface area (Å²) < 4.78 is 42.0. The molecular formula is C19H24ClF3S. The van der Waals surface area contributed by atoms with Crippen LogP contribution in [0.25, 0.3) is 5.57 Å². The fourth-order valence-corrected chi connectivity index (χ4v) is 3.14. The highest BCUT2D eigenvalue weighted by molar-refractivity contribution is 7.98. The number of thioether (sulfide) groups is 1. The van der Waals surface area contributed by atoms with Gasteiger partial charge >= 0.3 is 0 Å². The fraction of sp³-hybridized carbons (Fsp3) is 0.474. The van der Waals surface area contributed by atoms with E-state index in [-0.39, 0.29) is 30.2 Å². The van der Waals surface area contributed by atoms with Crippen molar-refractivity contribution in [3.05, 3.63) is 53.3 Å². The first-order valence-corrected chi connectivity index (χ1v) is 9.64. The van der Waals surface area contributed by atoms with Gasteiger partial charge in [-0.05, 0) is 41.9 Å². The van der Waals surface area contributed by atoms with Crippen LogP contribution >= 0.6 is 23.4 Å². The SMILES string of the molecule is C=CCC(C)C(=C)c1ccc(CCC(F)(F)CCSC)c(Cl)c1F. The maximum Gasteiger partial charge on any atom is 0.249 e. The van der Waals surface area contributed by atoms with Crippen LogP contribution in [0.15, 0.2) is 31.4 Å². The van der Waals surface area contributed by atoms with Gasteiger partial charge < -0.3 is 0 Å². The molecule has 0 saturated carbocycles. The molecule has 1 rings (SSSR count). The van der Waals surface area contributed by atoms with Gasteiger partial charge in [-0.25, -0.2) is 13.2 Å². The van der Waals surface area contributed by atoms with Gasteiger partial charge in [-0.15, -0.1) is 6.58 Å². The van der Waals surface area contributed by atoms with Crippen molar-refractivity contribution < 1.29 is 13.2 Å². The smallest absolute Gasteiger partial charge is 0.207 e. The van der Waals surface area contributed by atoms with E-state index in [2.05, 4.69) is 13.2 Å². The molecule has 0 heterocycles. The highest BCUT2D eigenvalue weighted by Crippen LogP contribution is 2.34. The van der Waals surface area contributed by atoms with Crippen molar-refractivity contribution in [2.45, 2.75) is 38.5 Å². The van der Waals surface area contributed by atoms with Crippen molar-refractivity contribution in [1.82, 2.24) is 0 Å². The van der Waals surface area contributed by atoms with E-state index < -0.39 is 11.7 Å². The van der Waals surface area contributed by atoms with Gasteiger partial charge in [0.25, 0.3) is 0 Å². The molecule has 0 aliphatic heterocycles. The maximum absolute atomic E-state index is 14.5. The number of allylic oxidation sites excluding steroid dienone is 2. The number of benzene rings is 1. The number of halogens is 4.